The number of hydrogen-bond acceptors (Lipinski definition) is 10. The average molecular weight is 511 g/mol. The summed E-state index contributed by atoms with van der Waals surface area (Å²) >= 11 is 15.1. The maximum Gasteiger partial charge on any atom is 0.293 e. The molecule has 3 rings (SSSR count). The maximum absolute atomic E-state index is 12.5. The Morgan fingerprint density at radius 2 is 1.90 bits per heavy atom. The van der Waals surface area contributed by atoms with Crippen molar-refractivity contribution in [2.45, 2.75) is 22.0 Å². The quantitative estimate of drug-likeness (QED) is 0.340. The van der Waals surface area contributed by atoms with Crippen LogP contribution in [0.15, 0.2) is 26.9 Å². The van der Waals surface area contributed by atoms with E-state index in [1.165, 1.54) is 30.0 Å². The number of carbonyl (C=O) groups is 1. The second-order valence-corrected chi connectivity index (χ2v) is 11.3. The summed E-state index contributed by atoms with van der Waals surface area (Å²) in [7, 11) is -4.02. The van der Waals surface area contributed by atoms with E-state index in [0.29, 0.717) is 20.7 Å². The van der Waals surface area contributed by atoms with Crippen molar-refractivity contribution in [3.63, 3.8) is 0 Å². The van der Waals surface area contributed by atoms with Crippen molar-refractivity contribution in [1.82, 2.24) is 20.4 Å². The smallest absolute Gasteiger partial charge is 0.293 e. The molecule has 0 bridgehead atoms. The molecule has 0 radical (unpaired) electrons. The lowest BCUT2D eigenvalue weighted by atomic mass is 10.2. The highest BCUT2D eigenvalue weighted by molar-refractivity contribution is 8.01. The van der Waals surface area contributed by atoms with Crippen molar-refractivity contribution in [3.05, 3.63) is 33.8 Å². The van der Waals surface area contributed by atoms with Gasteiger partial charge in [0.05, 0.1) is 10.6 Å². The summed E-state index contributed by atoms with van der Waals surface area (Å²) in [6.07, 6.45) is 0.964. The van der Waals surface area contributed by atoms with E-state index in [4.69, 9.17) is 23.2 Å². The summed E-state index contributed by atoms with van der Waals surface area (Å²) < 4.78 is 27.6. The Hall–Kier alpha value is -1.51. The number of sulfonamides is 1. The number of thioether (sulfide) groups is 1. The summed E-state index contributed by atoms with van der Waals surface area (Å²) in [6, 6.07) is 4.38. The Morgan fingerprint density at radius 3 is 2.62 bits per heavy atom. The van der Waals surface area contributed by atoms with Gasteiger partial charge in [0.2, 0.25) is 10.3 Å². The molecular formula is C14H12Cl2N6O3S4. The number of amides is 1. The molecule has 0 unspecified atom stereocenters. The van der Waals surface area contributed by atoms with Gasteiger partial charge in [-0.1, -0.05) is 64.6 Å². The van der Waals surface area contributed by atoms with Gasteiger partial charge in [-0.05, 0) is 24.6 Å². The zero-order valence-corrected chi connectivity index (χ0v) is 19.3. The van der Waals surface area contributed by atoms with Crippen LogP contribution < -0.4 is 10.0 Å². The van der Waals surface area contributed by atoms with Crippen LogP contribution in [0.25, 0.3) is 0 Å². The molecule has 2 N–H and O–H groups in total. The predicted octanol–water partition coefficient (Wildman–Crippen LogP) is 4.25. The van der Waals surface area contributed by atoms with E-state index in [0.717, 1.165) is 23.5 Å². The number of aromatic nitrogens is 4. The molecule has 1 amide bonds. The molecule has 0 saturated carbocycles. The minimum Gasteiger partial charge on any atom is -0.296 e. The van der Waals surface area contributed by atoms with Crippen LogP contribution in [-0.2, 0) is 10.0 Å². The van der Waals surface area contributed by atoms with E-state index in [2.05, 4.69) is 30.4 Å². The molecule has 2 aromatic heterocycles. The average Bonchev–Trinajstić information content (AvgIpc) is 3.29. The number of rotatable bonds is 8. The van der Waals surface area contributed by atoms with Crippen molar-refractivity contribution in [2.75, 3.05) is 15.8 Å². The minimum atomic E-state index is -4.02. The van der Waals surface area contributed by atoms with Crippen LogP contribution in [0, 0.1) is 0 Å². The van der Waals surface area contributed by atoms with Crippen LogP contribution in [0.3, 0.4) is 0 Å². The van der Waals surface area contributed by atoms with Crippen molar-refractivity contribution >= 4 is 83.8 Å². The summed E-state index contributed by atoms with van der Waals surface area (Å²) in [6.45, 7) is 2.03. The van der Waals surface area contributed by atoms with Crippen LogP contribution >= 0.6 is 57.6 Å². The molecule has 3 aromatic rings. The van der Waals surface area contributed by atoms with Gasteiger partial charge in [-0.15, -0.1) is 20.4 Å². The first kappa shape index (κ1) is 22.2. The lowest BCUT2D eigenvalue weighted by Crippen LogP contribution is -2.12. The fourth-order valence-electron chi connectivity index (χ4n) is 1.86. The summed E-state index contributed by atoms with van der Waals surface area (Å²) in [5.41, 5.74) is 0.166. The molecule has 0 aliphatic rings. The Labute approximate surface area is 188 Å². The van der Waals surface area contributed by atoms with Gasteiger partial charge in [-0.2, -0.15) is 8.42 Å². The molecule has 0 aliphatic carbocycles. The van der Waals surface area contributed by atoms with Gasteiger partial charge in [0, 0.05) is 10.8 Å². The van der Waals surface area contributed by atoms with E-state index in [-0.39, 0.29) is 25.2 Å². The lowest BCUT2D eigenvalue weighted by Gasteiger charge is -2.03. The van der Waals surface area contributed by atoms with Crippen LogP contribution in [0.1, 0.15) is 23.7 Å². The molecule has 0 saturated heterocycles. The first-order valence-electron chi connectivity index (χ1n) is 7.87. The Balaban J connectivity index is 1.69. The second kappa shape index (κ2) is 9.53. The van der Waals surface area contributed by atoms with Gasteiger partial charge >= 0.3 is 0 Å². The normalized spacial score (nSPS) is 11.4. The van der Waals surface area contributed by atoms with E-state index >= 15 is 0 Å². The van der Waals surface area contributed by atoms with Crippen LogP contribution in [0.4, 0.5) is 10.3 Å². The van der Waals surface area contributed by atoms with Crippen LogP contribution in [-0.4, -0.2) is 40.5 Å². The summed E-state index contributed by atoms with van der Waals surface area (Å²) in [5, 5.41) is 18.2. The Morgan fingerprint density at radius 1 is 1.14 bits per heavy atom. The highest BCUT2D eigenvalue weighted by Crippen LogP contribution is 2.29. The molecule has 154 valence electrons. The monoisotopic (exact) mass is 510 g/mol. The standard InChI is InChI=1S/C14H12Cl2N6O3S4/c1-2-5-26-13-20-19-12(27-13)22-29(24,25)14-21-18-11(28-14)17-10(23)8-4-3-7(15)6-9(8)16/h3-4,6H,2,5H2,1H3,(H,19,22)(H,17,18,23). The molecule has 0 spiro atoms. The fraction of sp³-hybridized carbons (Fsp3) is 0.214. The first-order valence-corrected chi connectivity index (χ1v) is 12.7. The number of nitrogens with zero attached hydrogens (tertiary/aromatic N) is 4. The third-order valence-corrected chi connectivity index (χ3v) is 8.49. The number of nitrogens with one attached hydrogen (secondary N) is 2. The van der Waals surface area contributed by atoms with Gasteiger partial charge in [0.15, 0.2) is 4.34 Å². The zero-order chi connectivity index (χ0) is 21.0. The SMILES string of the molecule is CCCSc1nnc(NS(=O)(=O)c2nnc(NC(=O)c3ccc(Cl)cc3Cl)s2)s1. The van der Waals surface area contributed by atoms with E-state index in [9.17, 15) is 13.2 Å². The summed E-state index contributed by atoms with van der Waals surface area (Å²) in [5.74, 6) is 0.291. The van der Waals surface area contributed by atoms with Gasteiger partial charge in [0.25, 0.3) is 20.3 Å². The Bertz CT molecular complexity index is 1130. The Kier molecular flexibility index (Phi) is 7.29. The second-order valence-electron chi connectivity index (χ2n) is 5.28. The molecule has 1 aromatic carbocycles. The highest BCUT2D eigenvalue weighted by Gasteiger charge is 2.23. The van der Waals surface area contributed by atoms with Crippen molar-refractivity contribution in [3.8, 4) is 0 Å². The topological polar surface area (TPSA) is 127 Å². The fourth-order valence-corrected chi connectivity index (χ4v) is 6.16. The number of halogens is 2. The first-order chi connectivity index (χ1) is 13.8. The molecule has 0 fully saturated rings. The molecule has 29 heavy (non-hydrogen) atoms. The number of benzene rings is 1. The van der Waals surface area contributed by atoms with Crippen LogP contribution in [0.5, 0.6) is 0 Å². The molecule has 2 heterocycles. The van der Waals surface area contributed by atoms with E-state index in [1.54, 1.807) is 0 Å². The zero-order valence-electron chi connectivity index (χ0n) is 14.5. The van der Waals surface area contributed by atoms with Gasteiger partial charge in [-0.3, -0.25) is 14.8 Å². The molecule has 15 heteroatoms. The van der Waals surface area contributed by atoms with Crippen molar-refractivity contribution < 1.29 is 13.2 Å². The van der Waals surface area contributed by atoms with Crippen molar-refractivity contribution in [1.29, 1.82) is 0 Å². The van der Waals surface area contributed by atoms with Gasteiger partial charge in [0.1, 0.15) is 0 Å². The molecule has 0 atom stereocenters. The molecule has 9 nitrogen and oxygen atoms in total. The molecular weight excluding hydrogens is 499 g/mol. The lowest BCUT2D eigenvalue weighted by molar-refractivity contribution is 0.102. The number of carbonyl (C=O) groups excluding carboxylic acids is 1. The molecule has 0 aliphatic heterocycles. The van der Waals surface area contributed by atoms with Crippen molar-refractivity contribution in [2.24, 2.45) is 0 Å². The number of hydrogen-bond donors (Lipinski definition) is 2. The predicted molar refractivity (Wildman–Crippen MR) is 116 cm³/mol. The van der Waals surface area contributed by atoms with E-state index < -0.39 is 15.9 Å². The largest absolute Gasteiger partial charge is 0.296 e. The number of anilines is 2. The summed E-state index contributed by atoms with van der Waals surface area (Å²) in [4.78, 5) is 12.3. The third kappa shape index (κ3) is 5.77. The van der Waals surface area contributed by atoms with Crippen LogP contribution in [0.2, 0.25) is 10.0 Å². The van der Waals surface area contributed by atoms with E-state index in [1.807, 2.05) is 6.92 Å². The minimum absolute atomic E-state index is 0.00199. The maximum atomic E-state index is 12.5. The van der Waals surface area contributed by atoms with Gasteiger partial charge < -0.3 is 0 Å². The third-order valence-electron chi connectivity index (χ3n) is 3.09. The highest BCUT2D eigenvalue weighted by atomic mass is 35.5. The van der Waals surface area contributed by atoms with Gasteiger partial charge in [-0.25, -0.2) is 0 Å².